The van der Waals surface area contributed by atoms with Crippen molar-refractivity contribution in [2.24, 2.45) is 5.92 Å². The highest BCUT2D eigenvalue weighted by Crippen LogP contribution is 2.11. The molecule has 1 atom stereocenters. The van der Waals surface area contributed by atoms with E-state index in [2.05, 4.69) is 31.3 Å². The molecule has 0 heterocycles. The smallest absolute Gasteiger partial charge is 0.0716 e. The van der Waals surface area contributed by atoms with Gasteiger partial charge >= 0.3 is 0 Å². The molecule has 0 aliphatic rings. The Hall–Kier alpha value is -0.900. The van der Waals surface area contributed by atoms with Gasteiger partial charge in [-0.05, 0) is 17.0 Å². The van der Waals surface area contributed by atoms with Crippen LogP contribution in [0.3, 0.4) is 0 Å². The summed E-state index contributed by atoms with van der Waals surface area (Å²) < 4.78 is 5.17. The minimum atomic E-state index is 0.144. The fourth-order valence-electron chi connectivity index (χ4n) is 1.78. The van der Waals surface area contributed by atoms with Crippen LogP contribution in [0.15, 0.2) is 24.3 Å². The maximum atomic E-state index is 9.26. The lowest BCUT2D eigenvalue weighted by Gasteiger charge is -2.20. The van der Waals surface area contributed by atoms with E-state index in [1.165, 1.54) is 11.1 Å². The Morgan fingerprint density at radius 1 is 1.24 bits per heavy atom. The minimum Gasteiger partial charge on any atom is -0.395 e. The number of benzene rings is 1. The number of nitrogens with one attached hydrogen (secondary N) is 1. The predicted octanol–water partition coefficient (Wildman–Crippen LogP) is 1.94. The van der Waals surface area contributed by atoms with E-state index in [1.807, 2.05) is 12.1 Å². The normalized spacial score (nSPS) is 13.0. The summed E-state index contributed by atoms with van der Waals surface area (Å²) in [7, 11) is 1.70. The number of hydrogen-bond donors (Lipinski definition) is 2. The third kappa shape index (κ3) is 4.46. The molecule has 1 aromatic carbocycles. The first-order valence-corrected chi connectivity index (χ1v) is 6.09. The monoisotopic (exact) mass is 237 g/mol. The molecule has 1 rings (SSSR count). The highest BCUT2D eigenvalue weighted by molar-refractivity contribution is 5.26. The number of aliphatic hydroxyl groups is 1. The summed E-state index contributed by atoms with van der Waals surface area (Å²) in [6.07, 6.45) is 0. The molecule has 0 bridgehead atoms. The molecule has 2 N–H and O–H groups in total. The Kier molecular flexibility index (Phi) is 6.19. The van der Waals surface area contributed by atoms with Crippen LogP contribution in [0.2, 0.25) is 0 Å². The zero-order valence-corrected chi connectivity index (χ0v) is 10.9. The van der Waals surface area contributed by atoms with Crippen LogP contribution in [0, 0.1) is 5.92 Å². The first-order chi connectivity index (χ1) is 8.19. The second kappa shape index (κ2) is 7.43. The predicted molar refractivity (Wildman–Crippen MR) is 69.7 cm³/mol. The van der Waals surface area contributed by atoms with Crippen molar-refractivity contribution in [1.29, 1.82) is 0 Å². The fourth-order valence-corrected chi connectivity index (χ4v) is 1.78. The van der Waals surface area contributed by atoms with Crippen LogP contribution >= 0.6 is 0 Å². The van der Waals surface area contributed by atoms with Crippen molar-refractivity contribution in [2.75, 3.05) is 13.7 Å². The molecule has 0 saturated heterocycles. The molecule has 0 fully saturated rings. The van der Waals surface area contributed by atoms with Crippen LogP contribution in [0.25, 0.3) is 0 Å². The van der Waals surface area contributed by atoms with E-state index >= 15 is 0 Å². The summed E-state index contributed by atoms with van der Waals surface area (Å²) >= 11 is 0. The van der Waals surface area contributed by atoms with Gasteiger partial charge < -0.3 is 15.2 Å². The van der Waals surface area contributed by atoms with Crippen molar-refractivity contribution in [3.8, 4) is 0 Å². The molecule has 3 heteroatoms. The largest absolute Gasteiger partial charge is 0.395 e. The first kappa shape index (κ1) is 14.2. The van der Waals surface area contributed by atoms with Crippen molar-refractivity contribution in [2.45, 2.75) is 33.0 Å². The zero-order valence-electron chi connectivity index (χ0n) is 10.9. The summed E-state index contributed by atoms with van der Waals surface area (Å²) in [5.41, 5.74) is 2.43. The van der Waals surface area contributed by atoms with Gasteiger partial charge in [0.25, 0.3) is 0 Å². The molecule has 1 aromatic rings. The van der Waals surface area contributed by atoms with E-state index in [1.54, 1.807) is 7.11 Å². The molecule has 0 aromatic heterocycles. The molecule has 0 aliphatic carbocycles. The van der Waals surface area contributed by atoms with Gasteiger partial charge in [0, 0.05) is 19.7 Å². The van der Waals surface area contributed by atoms with Gasteiger partial charge in [-0.15, -0.1) is 0 Å². The Morgan fingerprint density at radius 2 is 1.88 bits per heavy atom. The summed E-state index contributed by atoms with van der Waals surface area (Å²) in [5.74, 6) is 0.426. The van der Waals surface area contributed by atoms with Gasteiger partial charge in [0.05, 0.1) is 13.2 Å². The molecule has 96 valence electrons. The highest BCUT2D eigenvalue weighted by Gasteiger charge is 2.11. The van der Waals surface area contributed by atoms with E-state index in [-0.39, 0.29) is 12.6 Å². The van der Waals surface area contributed by atoms with E-state index in [0.29, 0.717) is 12.5 Å². The summed E-state index contributed by atoms with van der Waals surface area (Å²) in [6, 6.07) is 8.36. The van der Waals surface area contributed by atoms with Crippen molar-refractivity contribution in [3.05, 3.63) is 35.4 Å². The average Bonchev–Trinajstić information content (AvgIpc) is 2.32. The van der Waals surface area contributed by atoms with Gasteiger partial charge in [-0.2, -0.15) is 0 Å². The number of aliphatic hydroxyl groups excluding tert-OH is 1. The van der Waals surface area contributed by atoms with Crippen LogP contribution in [-0.4, -0.2) is 24.9 Å². The fraction of sp³-hybridized carbons (Fsp3) is 0.571. The Bertz CT molecular complexity index is 326. The van der Waals surface area contributed by atoms with Crippen molar-refractivity contribution >= 4 is 0 Å². The number of ether oxygens (including phenoxy) is 1. The van der Waals surface area contributed by atoms with E-state index in [0.717, 1.165) is 6.54 Å². The molecule has 0 amide bonds. The van der Waals surface area contributed by atoms with Crippen LogP contribution in [-0.2, 0) is 17.9 Å². The second-order valence-electron chi connectivity index (χ2n) is 4.62. The second-order valence-corrected chi connectivity index (χ2v) is 4.62. The maximum Gasteiger partial charge on any atom is 0.0716 e. The van der Waals surface area contributed by atoms with Gasteiger partial charge in [0.15, 0.2) is 0 Å². The van der Waals surface area contributed by atoms with Crippen molar-refractivity contribution in [1.82, 2.24) is 5.32 Å². The van der Waals surface area contributed by atoms with Crippen LogP contribution in [0.5, 0.6) is 0 Å². The molecular weight excluding hydrogens is 214 g/mol. The molecular formula is C14H23NO2. The Morgan fingerprint density at radius 3 is 2.41 bits per heavy atom. The molecule has 3 nitrogen and oxygen atoms in total. The highest BCUT2D eigenvalue weighted by atomic mass is 16.5. The van der Waals surface area contributed by atoms with E-state index in [9.17, 15) is 5.11 Å². The maximum absolute atomic E-state index is 9.26. The van der Waals surface area contributed by atoms with Crippen LogP contribution < -0.4 is 5.32 Å². The Balaban J connectivity index is 2.61. The molecule has 0 radical (unpaired) electrons. The lowest BCUT2D eigenvalue weighted by molar-refractivity contribution is 0.183. The zero-order chi connectivity index (χ0) is 12.7. The third-order valence-electron chi connectivity index (χ3n) is 2.97. The lowest BCUT2D eigenvalue weighted by Crippen LogP contribution is -2.36. The molecule has 0 spiro atoms. The van der Waals surface area contributed by atoms with Gasteiger partial charge in [-0.1, -0.05) is 38.1 Å². The number of hydrogen-bond acceptors (Lipinski definition) is 3. The van der Waals surface area contributed by atoms with Crippen LogP contribution in [0.4, 0.5) is 0 Å². The standard InChI is InChI=1S/C14H23NO2/c1-11(2)14(9-16)15-8-12-6-4-5-7-13(12)10-17-3/h4-7,11,14-16H,8-10H2,1-3H3/t14-/m1/s1. The summed E-state index contributed by atoms with van der Waals surface area (Å²) in [4.78, 5) is 0. The first-order valence-electron chi connectivity index (χ1n) is 6.09. The molecule has 0 unspecified atom stereocenters. The molecule has 17 heavy (non-hydrogen) atoms. The van der Waals surface area contributed by atoms with Gasteiger partial charge in [0.1, 0.15) is 0 Å². The number of methoxy groups -OCH3 is 1. The van der Waals surface area contributed by atoms with E-state index < -0.39 is 0 Å². The van der Waals surface area contributed by atoms with Gasteiger partial charge in [-0.25, -0.2) is 0 Å². The lowest BCUT2D eigenvalue weighted by atomic mass is 10.0. The SMILES string of the molecule is COCc1ccccc1CN[C@H](CO)C(C)C. The quantitative estimate of drug-likeness (QED) is 0.761. The minimum absolute atomic E-state index is 0.144. The topological polar surface area (TPSA) is 41.5 Å². The summed E-state index contributed by atoms with van der Waals surface area (Å²) in [6.45, 7) is 5.78. The van der Waals surface area contributed by atoms with Gasteiger partial charge in [0.2, 0.25) is 0 Å². The molecule has 0 aliphatic heterocycles. The Labute approximate surface area is 104 Å². The average molecular weight is 237 g/mol. The van der Waals surface area contributed by atoms with Gasteiger partial charge in [-0.3, -0.25) is 0 Å². The molecule has 0 saturated carbocycles. The van der Waals surface area contributed by atoms with E-state index in [4.69, 9.17) is 4.74 Å². The van der Waals surface area contributed by atoms with Crippen LogP contribution in [0.1, 0.15) is 25.0 Å². The third-order valence-corrected chi connectivity index (χ3v) is 2.97. The number of rotatable bonds is 7. The van der Waals surface area contributed by atoms with Crippen molar-refractivity contribution in [3.63, 3.8) is 0 Å². The van der Waals surface area contributed by atoms with Crippen molar-refractivity contribution < 1.29 is 9.84 Å². The summed E-state index contributed by atoms with van der Waals surface area (Å²) in [5, 5.41) is 12.6.